The molecule has 0 unspecified atom stereocenters. The van der Waals surface area contributed by atoms with Gasteiger partial charge in [-0.05, 0) is 51.3 Å². The summed E-state index contributed by atoms with van der Waals surface area (Å²) in [6.45, 7) is 8.29. The van der Waals surface area contributed by atoms with Crippen LogP contribution in [0.15, 0.2) is 29.1 Å². The molecule has 2 N–H and O–H groups in total. The Morgan fingerprint density at radius 3 is 2.71 bits per heavy atom. The van der Waals surface area contributed by atoms with Crippen LogP contribution in [-0.2, 0) is 24.3 Å². The summed E-state index contributed by atoms with van der Waals surface area (Å²) in [6, 6.07) is 8.86. The van der Waals surface area contributed by atoms with Crippen LogP contribution in [0.4, 0.5) is 0 Å². The molecule has 150 valence electrons. The number of hydrogen-bond acceptors (Lipinski definition) is 4. The summed E-state index contributed by atoms with van der Waals surface area (Å²) < 4.78 is 0. The number of H-pyrrole nitrogens is 1. The second kappa shape index (κ2) is 9.15. The van der Waals surface area contributed by atoms with Crippen molar-refractivity contribution in [3.8, 4) is 0 Å². The van der Waals surface area contributed by atoms with Gasteiger partial charge in [0.25, 0.3) is 5.56 Å². The molecule has 0 saturated carbocycles. The van der Waals surface area contributed by atoms with E-state index in [1.54, 1.807) is 13.8 Å². The molecule has 1 aliphatic heterocycles. The molecule has 0 bridgehead atoms. The molecule has 2 aromatic rings. The molecule has 0 radical (unpaired) electrons. The van der Waals surface area contributed by atoms with Crippen molar-refractivity contribution in [1.29, 1.82) is 0 Å². The van der Waals surface area contributed by atoms with E-state index in [1.165, 1.54) is 24.8 Å². The van der Waals surface area contributed by atoms with Crippen molar-refractivity contribution in [3.05, 3.63) is 62.8 Å². The molecule has 1 saturated heterocycles. The van der Waals surface area contributed by atoms with Crippen LogP contribution in [0.2, 0.25) is 0 Å². The fraction of sp³-hybridized carbons (Fsp3) is 0.500. The zero-order chi connectivity index (χ0) is 20.1. The maximum absolute atomic E-state index is 12.4. The number of carbonyl (C=O) groups excluding carboxylic acids is 1. The summed E-state index contributed by atoms with van der Waals surface area (Å²) in [5, 5.41) is 2.97. The molecule has 1 atom stereocenters. The van der Waals surface area contributed by atoms with Crippen LogP contribution in [0.5, 0.6) is 0 Å². The van der Waals surface area contributed by atoms with E-state index in [9.17, 15) is 9.59 Å². The van der Waals surface area contributed by atoms with Gasteiger partial charge in [0.15, 0.2) is 0 Å². The third kappa shape index (κ3) is 5.07. The number of amides is 1. The van der Waals surface area contributed by atoms with Crippen LogP contribution in [0.3, 0.4) is 0 Å². The summed E-state index contributed by atoms with van der Waals surface area (Å²) in [5.41, 5.74) is 3.18. The maximum Gasteiger partial charge on any atom is 0.254 e. The number of benzene rings is 1. The van der Waals surface area contributed by atoms with Crippen molar-refractivity contribution in [2.45, 2.75) is 65.6 Å². The number of carbonyl (C=O) groups is 1. The standard InChI is InChI=1S/C22H30N4O2/c1-15-8-6-7-11-26(15)14-19-10-5-4-9-18(19)13-23-21(27)12-20-16(2)24-17(3)25-22(20)28/h4-5,9-10,15H,6-8,11-14H2,1-3H3,(H,23,27)(H,24,25,28)/t15-/m0/s1. The van der Waals surface area contributed by atoms with Crippen molar-refractivity contribution in [1.82, 2.24) is 20.2 Å². The molecule has 1 aromatic carbocycles. The molecule has 3 rings (SSSR count). The number of nitrogens with one attached hydrogen (secondary N) is 2. The topological polar surface area (TPSA) is 78.1 Å². The van der Waals surface area contributed by atoms with Gasteiger partial charge < -0.3 is 10.3 Å². The van der Waals surface area contributed by atoms with Crippen LogP contribution in [-0.4, -0.2) is 33.4 Å². The number of hydrogen-bond donors (Lipinski definition) is 2. The highest BCUT2D eigenvalue weighted by atomic mass is 16.2. The highest BCUT2D eigenvalue weighted by Crippen LogP contribution is 2.20. The van der Waals surface area contributed by atoms with Gasteiger partial charge in [0, 0.05) is 30.4 Å². The monoisotopic (exact) mass is 382 g/mol. The van der Waals surface area contributed by atoms with Gasteiger partial charge >= 0.3 is 0 Å². The van der Waals surface area contributed by atoms with E-state index in [0.717, 1.165) is 18.7 Å². The molecule has 0 aliphatic carbocycles. The van der Waals surface area contributed by atoms with Crippen molar-refractivity contribution < 1.29 is 4.79 Å². The maximum atomic E-state index is 12.4. The Balaban J connectivity index is 1.63. The van der Waals surface area contributed by atoms with E-state index >= 15 is 0 Å². The third-order valence-electron chi connectivity index (χ3n) is 5.59. The minimum atomic E-state index is -0.236. The smallest absolute Gasteiger partial charge is 0.254 e. The van der Waals surface area contributed by atoms with E-state index in [1.807, 2.05) is 6.07 Å². The number of likely N-dealkylation sites (tertiary alicyclic amines) is 1. The average molecular weight is 383 g/mol. The van der Waals surface area contributed by atoms with E-state index in [-0.39, 0.29) is 17.9 Å². The SMILES string of the molecule is Cc1nc(C)c(CC(=O)NCc2ccccc2CN2CCCC[C@@H]2C)c(=O)[nH]1. The number of nitrogens with zero attached hydrogens (tertiary/aromatic N) is 2. The van der Waals surface area contributed by atoms with Gasteiger partial charge in [-0.15, -0.1) is 0 Å². The van der Waals surface area contributed by atoms with Gasteiger partial charge in [0.05, 0.1) is 6.42 Å². The van der Waals surface area contributed by atoms with Gasteiger partial charge in [-0.25, -0.2) is 4.98 Å². The average Bonchev–Trinajstić information content (AvgIpc) is 2.66. The third-order valence-corrected chi connectivity index (χ3v) is 5.59. The first kappa shape index (κ1) is 20.3. The minimum Gasteiger partial charge on any atom is -0.352 e. The fourth-order valence-electron chi connectivity index (χ4n) is 3.87. The normalized spacial score (nSPS) is 17.5. The van der Waals surface area contributed by atoms with Gasteiger partial charge in [-0.1, -0.05) is 30.7 Å². The Bertz CT molecular complexity index is 890. The molecule has 6 heteroatoms. The molecule has 6 nitrogen and oxygen atoms in total. The van der Waals surface area contributed by atoms with Crippen molar-refractivity contribution in [3.63, 3.8) is 0 Å². The van der Waals surface area contributed by atoms with Gasteiger partial charge in [-0.3, -0.25) is 14.5 Å². The zero-order valence-electron chi connectivity index (χ0n) is 17.0. The first-order valence-corrected chi connectivity index (χ1v) is 10.1. The Kier molecular flexibility index (Phi) is 6.62. The molecular formula is C22H30N4O2. The summed E-state index contributed by atoms with van der Waals surface area (Å²) >= 11 is 0. The largest absolute Gasteiger partial charge is 0.352 e. The van der Waals surface area contributed by atoms with Crippen LogP contribution >= 0.6 is 0 Å². The van der Waals surface area contributed by atoms with Crippen molar-refractivity contribution in [2.24, 2.45) is 0 Å². The molecule has 1 amide bonds. The van der Waals surface area contributed by atoms with E-state index < -0.39 is 0 Å². The molecule has 1 aliphatic rings. The first-order valence-electron chi connectivity index (χ1n) is 10.1. The Morgan fingerprint density at radius 2 is 2.00 bits per heavy atom. The first-order chi connectivity index (χ1) is 13.4. The number of aryl methyl sites for hydroxylation is 2. The van der Waals surface area contributed by atoms with Gasteiger partial charge in [-0.2, -0.15) is 0 Å². The van der Waals surface area contributed by atoms with E-state index in [2.05, 4.69) is 45.3 Å². The zero-order valence-corrected chi connectivity index (χ0v) is 17.0. The number of aromatic amines is 1. The Morgan fingerprint density at radius 1 is 1.25 bits per heavy atom. The summed E-state index contributed by atoms with van der Waals surface area (Å²) in [6.07, 6.45) is 3.85. The lowest BCUT2D eigenvalue weighted by molar-refractivity contribution is -0.120. The highest BCUT2D eigenvalue weighted by Gasteiger charge is 2.19. The van der Waals surface area contributed by atoms with E-state index in [0.29, 0.717) is 29.7 Å². The number of aromatic nitrogens is 2. The quantitative estimate of drug-likeness (QED) is 0.805. The van der Waals surface area contributed by atoms with E-state index in [4.69, 9.17) is 0 Å². The second-order valence-electron chi connectivity index (χ2n) is 7.75. The van der Waals surface area contributed by atoms with Crippen molar-refractivity contribution in [2.75, 3.05) is 6.54 Å². The predicted molar refractivity (Wildman–Crippen MR) is 110 cm³/mol. The lowest BCUT2D eigenvalue weighted by Gasteiger charge is -2.33. The number of rotatable bonds is 6. The second-order valence-corrected chi connectivity index (χ2v) is 7.75. The summed E-state index contributed by atoms with van der Waals surface area (Å²) in [4.78, 5) is 34.0. The van der Waals surface area contributed by atoms with Crippen LogP contribution in [0.1, 0.15) is 54.4 Å². The minimum absolute atomic E-state index is 0.0414. The molecule has 28 heavy (non-hydrogen) atoms. The molecule has 1 fully saturated rings. The summed E-state index contributed by atoms with van der Waals surface area (Å²) in [7, 11) is 0. The molecule has 1 aromatic heterocycles. The van der Waals surface area contributed by atoms with Crippen molar-refractivity contribution >= 4 is 5.91 Å². The molecular weight excluding hydrogens is 352 g/mol. The van der Waals surface area contributed by atoms with Gasteiger partial charge in [0.2, 0.25) is 5.91 Å². The fourth-order valence-corrected chi connectivity index (χ4v) is 3.87. The summed E-state index contributed by atoms with van der Waals surface area (Å²) in [5.74, 6) is 0.396. The molecule has 2 heterocycles. The van der Waals surface area contributed by atoms with Crippen LogP contribution < -0.4 is 10.9 Å². The Hall–Kier alpha value is -2.47. The lowest BCUT2D eigenvalue weighted by atomic mass is 10.0. The van der Waals surface area contributed by atoms with Crippen LogP contribution in [0, 0.1) is 13.8 Å². The van der Waals surface area contributed by atoms with Crippen LogP contribution in [0.25, 0.3) is 0 Å². The highest BCUT2D eigenvalue weighted by molar-refractivity contribution is 5.78. The predicted octanol–water partition coefficient (Wildman–Crippen LogP) is 2.62. The van der Waals surface area contributed by atoms with Gasteiger partial charge in [0.1, 0.15) is 5.82 Å². The lowest BCUT2D eigenvalue weighted by Crippen LogP contribution is -2.37. The molecule has 0 spiro atoms. The Labute approximate surface area is 166 Å². The number of piperidine rings is 1.